The van der Waals surface area contributed by atoms with E-state index < -0.39 is 114 Å². The molecular weight excluding hydrogens is 1690 g/mol. The Hall–Kier alpha value is -9.09. The molecule has 5 aliphatic heterocycles. The van der Waals surface area contributed by atoms with Gasteiger partial charge in [-0.15, -0.1) is 0 Å². The van der Waals surface area contributed by atoms with E-state index in [0.717, 1.165) is 28.7 Å². The maximum absolute atomic E-state index is 14.9. The van der Waals surface area contributed by atoms with Crippen LogP contribution < -0.4 is 27.8 Å². The van der Waals surface area contributed by atoms with Crippen LogP contribution in [0.1, 0.15) is 155 Å². The van der Waals surface area contributed by atoms with Crippen molar-refractivity contribution >= 4 is 75.3 Å². The average Bonchev–Trinajstić information content (AvgIpc) is 1.54. The summed E-state index contributed by atoms with van der Waals surface area (Å²) in [6.07, 6.45) is 11.5. The maximum Gasteiger partial charge on any atom is 0.407 e. The van der Waals surface area contributed by atoms with Crippen LogP contribution in [0.5, 0.6) is 0 Å². The molecule has 36 nitrogen and oxygen atoms in total. The Morgan fingerprint density at radius 2 is 1.40 bits per heavy atom. The van der Waals surface area contributed by atoms with Crippen LogP contribution in [0.3, 0.4) is 0 Å². The molecule has 3 saturated heterocycles. The Morgan fingerprint density at radius 3 is 2.11 bits per heavy atom. The first kappa shape index (κ1) is 102. The Labute approximate surface area is 767 Å². The molecule has 0 unspecified atom stereocenters. The predicted molar refractivity (Wildman–Crippen MR) is 486 cm³/mol. The summed E-state index contributed by atoms with van der Waals surface area (Å²) in [4.78, 5) is 116. The summed E-state index contributed by atoms with van der Waals surface area (Å²) < 4.78 is 77.9. The molecule has 11 rings (SSSR count). The van der Waals surface area contributed by atoms with Crippen molar-refractivity contribution in [3.05, 3.63) is 107 Å². The van der Waals surface area contributed by atoms with Crippen LogP contribution in [-0.2, 0) is 105 Å². The summed E-state index contributed by atoms with van der Waals surface area (Å²) in [5.74, 6) is -7.80. The van der Waals surface area contributed by atoms with Gasteiger partial charge in [0.05, 0.1) is 129 Å². The van der Waals surface area contributed by atoms with Crippen LogP contribution in [-0.4, -0.2) is 309 Å². The fourth-order valence-electron chi connectivity index (χ4n) is 18.4. The Kier molecular flexibility index (Phi) is 39.8. The van der Waals surface area contributed by atoms with Gasteiger partial charge in [0.25, 0.3) is 17.7 Å². The van der Waals surface area contributed by atoms with Gasteiger partial charge in [-0.05, 0) is 155 Å². The van der Waals surface area contributed by atoms with E-state index in [9.17, 15) is 48.9 Å². The highest BCUT2D eigenvalue weighted by Gasteiger charge is 2.53. The lowest BCUT2D eigenvalue weighted by atomic mass is 9.80. The number of nitrogens with zero attached hydrogens (tertiary/aromatic N) is 8. The number of cyclic esters (lactones) is 1. The molecule has 11 N–H and O–H groups in total. The topological polar surface area (TPSA) is 472 Å². The third kappa shape index (κ3) is 29.2. The molecule has 4 fully saturated rings. The zero-order valence-corrected chi connectivity index (χ0v) is 77.5. The van der Waals surface area contributed by atoms with Crippen molar-refractivity contribution in [2.24, 2.45) is 35.3 Å². The second-order valence-electron chi connectivity index (χ2n) is 35.7. The average molecular weight is 1830 g/mol. The normalized spacial score (nSPS) is 27.4. The summed E-state index contributed by atoms with van der Waals surface area (Å²) in [7, 11) is 4.62. The van der Waals surface area contributed by atoms with E-state index in [-0.39, 0.29) is 74.5 Å². The number of anilines is 2. The highest BCUT2D eigenvalue weighted by molar-refractivity contribution is 6.39. The number of esters is 1. The number of nitrogen functional groups attached to an aromatic ring is 2. The van der Waals surface area contributed by atoms with Gasteiger partial charge in [-0.3, -0.25) is 28.9 Å². The van der Waals surface area contributed by atoms with Crippen LogP contribution in [0.25, 0.3) is 33.4 Å². The molecule has 8 heterocycles. The smallest absolute Gasteiger partial charge is 0.407 e. The number of hydrogen-bond donors (Lipinski definition) is 8. The van der Waals surface area contributed by atoms with Crippen molar-refractivity contribution in [3.8, 4) is 11.3 Å². The van der Waals surface area contributed by atoms with E-state index in [4.69, 9.17) is 83.6 Å². The van der Waals surface area contributed by atoms with E-state index in [0.29, 0.717) is 228 Å². The lowest BCUT2D eigenvalue weighted by Crippen LogP contribution is -2.61. The first-order valence-corrected chi connectivity index (χ1v) is 46.5. The quantitative estimate of drug-likeness (QED) is 0.00872. The number of carbonyl (C=O) groups is 7. The number of aromatic nitrogens is 5. The number of allylic oxidation sites excluding steroid dienone is 5. The van der Waals surface area contributed by atoms with Crippen LogP contribution in [0.2, 0.25) is 0 Å². The van der Waals surface area contributed by atoms with Crippen molar-refractivity contribution in [2.75, 3.05) is 151 Å². The van der Waals surface area contributed by atoms with Crippen LogP contribution in [0.4, 0.5) is 16.6 Å². The third-order valence-electron chi connectivity index (χ3n) is 26.1. The highest BCUT2D eigenvalue weighted by Crippen LogP contribution is 2.40. The van der Waals surface area contributed by atoms with Gasteiger partial charge < -0.3 is 114 Å². The van der Waals surface area contributed by atoms with Crippen LogP contribution in [0.15, 0.2) is 94.7 Å². The fourth-order valence-corrected chi connectivity index (χ4v) is 18.4. The number of benzene rings is 2. The summed E-state index contributed by atoms with van der Waals surface area (Å²) >= 11 is 0. The van der Waals surface area contributed by atoms with Gasteiger partial charge in [-0.1, -0.05) is 82.4 Å². The van der Waals surface area contributed by atoms with Crippen molar-refractivity contribution < 1.29 is 110 Å². The predicted octanol–water partition coefficient (Wildman–Crippen LogP) is 7.21. The summed E-state index contributed by atoms with van der Waals surface area (Å²) in [6.45, 7) is 18.4. The monoisotopic (exact) mass is 1830 g/mol. The minimum Gasteiger partial charge on any atom is -0.459 e. The van der Waals surface area contributed by atoms with Gasteiger partial charge in [0, 0.05) is 109 Å². The molecule has 4 amide bonds. The SMILES string of the molecule is CO[C@H]1C[C@@H]2CC[C@@H](C)[C@@](O)(O2)C(=O)C(=O)N2CCCC[C@H]2C(=O)O[C@H]([C@H](N)C[C@@H]2CC[C@@H](OC(=O)NC3CCN(CC(=O)NCCOCCOCCOCCOCCOCCOCCC(=O)N4CCc5cc(Cn6nc(-c7ccc8oc(N)nc8c7)c7c(N)ncnc76)ccc5C4)CC3)[C@H](OC)C2)C[C@@H](OC)[C@H](C)/C=C(\C)[C@@H](O)[C@@H](O)C(=O)[C@H](C)C[C@H](C)/C=C/C=CC=C1C. The number of nitrogens with one attached hydrogen (secondary N) is 2. The number of ether oxygens (including phenoxy) is 12. The molecule has 1 aliphatic carbocycles. The number of ketones is 2. The molecule has 0 radical (unpaired) electrons. The molecule has 722 valence electrons. The van der Waals surface area contributed by atoms with Crippen molar-refractivity contribution in [3.63, 3.8) is 0 Å². The number of carbonyl (C=O) groups excluding carboxylic acids is 7. The largest absolute Gasteiger partial charge is 0.459 e. The minimum atomic E-state index is -2.49. The van der Waals surface area contributed by atoms with Gasteiger partial charge in [0.1, 0.15) is 53.8 Å². The minimum absolute atomic E-state index is 0.0331. The summed E-state index contributed by atoms with van der Waals surface area (Å²) in [6, 6.07) is 9.68. The van der Waals surface area contributed by atoms with Crippen LogP contribution >= 0.6 is 0 Å². The van der Waals surface area contributed by atoms with Gasteiger partial charge in [0.15, 0.2) is 17.0 Å². The lowest BCUT2D eigenvalue weighted by molar-refractivity contribution is -0.265. The van der Waals surface area contributed by atoms with Crippen molar-refractivity contribution in [2.45, 2.75) is 230 Å². The first-order valence-electron chi connectivity index (χ1n) is 46.5. The number of aliphatic hydroxyl groups excluding tert-OH is 2. The van der Waals surface area contributed by atoms with E-state index in [2.05, 4.69) is 43.8 Å². The number of amides is 4. The summed E-state index contributed by atoms with van der Waals surface area (Å²) in [5.41, 5.74) is 27.1. The first-order chi connectivity index (χ1) is 63.1. The Balaban J connectivity index is 0.527. The number of aliphatic hydroxyl groups is 3. The van der Waals surface area contributed by atoms with E-state index in [1.165, 1.54) is 23.9 Å². The standard InChI is InChI=1S/C95H139N13O23/c1-59-15-11-10-12-16-60(2)77(119-7)53-71-23-18-64(6)95(118,131-71)88(114)91(115)107-31-14-13-17-74(107)92(116)128-79(54-78(120-8)61(3)48-63(5)86(112)87(113)85(111)62(4)47-59)72(96)50-65-20-24-76(80(51-65)121-9)130-94(117)102-70-27-32-105(33-28-70)57-81(109)99-30-36-123-38-40-125-42-44-127-46-45-126-43-41-124-39-37-122-35-29-82(110)106-34-26-67-49-66(19-21-69(67)56-106)55-108-90-83(89(97)100-58-101-90)84(104-108)68-22-25-75-73(52-68)103-93(98)129-75/h10-12,15-16,19,21-22,25,48-49,52,58-59,61-62,64-65,70-72,74,76-80,86-87,112-113,118H,13-14,17-18,20,23-24,26-47,50-51,53-57,96H2,1-9H3,(H2,98,103)(H,99,109)(H,102,117)(H2,97,100,101)/b12-10?,15-11+,60-16?,63-48+/t59-,61-,62-,64-,65+,71+,72-,74+,76-,77+,78-,79+,80-,86-,87+,95-/m1/s1. The fraction of sp³-hybridized carbons (Fsp3) is 0.653. The van der Waals surface area contributed by atoms with Gasteiger partial charge in [-0.25, -0.2) is 24.2 Å². The number of hydrogen-bond acceptors (Lipinski definition) is 31. The number of alkyl carbamates (subject to hydrolysis) is 1. The molecule has 16 atom stereocenters. The molecule has 3 aromatic heterocycles. The number of rotatable bonds is 34. The van der Waals surface area contributed by atoms with Gasteiger partial charge in [0.2, 0.25) is 17.6 Å². The zero-order chi connectivity index (χ0) is 93.7. The number of piperidine rings is 2. The maximum atomic E-state index is 14.9. The zero-order valence-electron chi connectivity index (χ0n) is 77.5. The second kappa shape index (κ2) is 50.8. The lowest BCUT2D eigenvalue weighted by Gasteiger charge is -2.43. The number of oxazole rings is 1. The second-order valence-corrected chi connectivity index (χ2v) is 35.7. The van der Waals surface area contributed by atoms with Crippen molar-refractivity contribution in [1.29, 1.82) is 0 Å². The van der Waals surface area contributed by atoms with Gasteiger partial charge >= 0.3 is 12.1 Å². The molecular formula is C95H139N13O23. The van der Waals surface area contributed by atoms with E-state index in [1.54, 1.807) is 47.1 Å². The van der Waals surface area contributed by atoms with Crippen molar-refractivity contribution in [1.82, 2.24) is 50.1 Å². The molecule has 5 aromatic rings. The van der Waals surface area contributed by atoms with E-state index >= 15 is 0 Å². The number of fused-ring (bicyclic) bond motifs is 6. The number of nitrogens with two attached hydrogens (primary N) is 3. The molecule has 131 heavy (non-hydrogen) atoms. The highest BCUT2D eigenvalue weighted by atomic mass is 16.6. The van der Waals surface area contributed by atoms with E-state index in [1.807, 2.05) is 77.8 Å². The number of Topliss-reactive ketones (excluding diaryl/α,β-unsaturated/α-hetero) is 2. The Morgan fingerprint density at radius 1 is 0.702 bits per heavy atom. The molecule has 2 bridgehead atoms. The summed E-state index contributed by atoms with van der Waals surface area (Å²) in [5, 5.41) is 46.5. The Bertz CT molecular complexity index is 4690. The van der Waals surface area contributed by atoms with Gasteiger partial charge in [-0.2, -0.15) is 10.1 Å². The molecule has 0 spiro atoms. The molecule has 36 heteroatoms. The number of methoxy groups -OCH3 is 3. The third-order valence-corrected chi connectivity index (χ3v) is 26.1. The number of likely N-dealkylation sites (tertiary alicyclic amines) is 1. The molecule has 2 aromatic carbocycles. The molecule has 6 aliphatic rings. The molecule has 1 saturated carbocycles. The van der Waals surface area contributed by atoms with Crippen LogP contribution in [0, 0.1) is 29.6 Å².